The molecular formula is C31H35FN2O4. The number of benzene rings is 1. The summed E-state index contributed by atoms with van der Waals surface area (Å²) >= 11 is 0. The van der Waals surface area contributed by atoms with Crippen LogP contribution >= 0.6 is 0 Å². The molecule has 6 nitrogen and oxygen atoms in total. The van der Waals surface area contributed by atoms with Crippen LogP contribution in [0.1, 0.15) is 57.7 Å². The summed E-state index contributed by atoms with van der Waals surface area (Å²) in [4.78, 5) is 32.5. The second kappa shape index (κ2) is 10.8. The number of aromatic nitrogens is 1. The highest BCUT2D eigenvalue weighted by molar-refractivity contribution is 6.06. The van der Waals surface area contributed by atoms with Crippen molar-refractivity contribution in [2.75, 3.05) is 13.2 Å². The SMILES string of the molecule is CCCN1C(=O)[C@@H]2[C@@H](CC(C(C)C)=C3[C@@H](CC/C(=C/c4ccc(O)c(F)c4)c4ccccn4)OC[C@@H]32)C1=O. The lowest BCUT2D eigenvalue weighted by Gasteiger charge is -2.33. The van der Waals surface area contributed by atoms with Gasteiger partial charge in [-0.05, 0) is 78.7 Å². The normalized spacial score (nSPS) is 25.4. The van der Waals surface area contributed by atoms with Gasteiger partial charge in [0, 0.05) is 18.7 Å². The van der Waals surface area contributed by atoms with Crippen molar-refractivity contribution < 1.29 is 23.8 Å². The number of fused-ring (bicyclic) bond motifs is 3. The Morgan fingerprint density at radius 3 is 2.71 bits per heavy atom. The average Bonchev–Trinajstić information content (AvgIpc) is 3.43. The molecule has 2 fully saturated rings. The number of allylic oxidation sites excluding steroid dienone is 2. The summed E-state index contributed by atoms with van der Waals surface area (Å²) in [6.07, 6.45) is 6.17. The van der Waals surface area contributed by atoms with Crippen LogP contribution in [0.3, 0.4) is 0 Å². The molecule has 0 saturated carbocycles. The molecule has 2 aliphatic heterocycles. The van der Waals surface area contributed by atoms with Crippen molar-refractivity contribution in [3.63, 3.8) is 0 Å². The van der Waals surface area contributed by atoms with Crippen molar-refractivity contribution >= 4 is 23.5 Å². The predicted molar refractivity (Wildman–Crippen MR) is 143 cm³/mol. The smallest absolute Gasteiger partial charge is 0.233 e. The molecule has 3 heterocycles. The van der Waals surface area contributed by atoms with Crippen molar-refractivity contribution in [3.8, 4) is 5.75 Å². The Morgan fingerprint density at radius 1 is 1.21 bits per heavy atom. The van der Waals surface area contributed by atoms with Crippen molar-refractivity contribution in [1.82, 2.24) is 9.88 Å². The van der Waals surface area contributed by atoms with Gasteiger partial charge in [0.05, 0.1) is 30.2 Å². The van der Waals surface area contributed by atoms with Crippen LogP contribution in [-0.4, -0.2) is 46.1 Å². The Kier molecular flexibility index (Phi) is 7.48. The number of carbonyl (C=O) groups excluding carboxylic acids is 2. The number of phenols is 1. The van der Waals surface area contributed by atoms with Crippen LogP contribution in [-0.2, 0) is 14.3 Å². The van der Waals surface area contributed by atoms with E-state index in [0.717, 1.165) is 17.7 Å². The maximum Gasteiger partial charge on any atom is 0.233 e. The van der Waals surface area contributed by atoms with E-state index in [0.29, 0.717) is 38.0 Å². The van der Waals surface area contributed by atoms with Crippen molar-refractivity contribution in [3.05, 3.63) is 70.8 Å². The molecule has 0 bridgehead atoms. The van der Waals surface area contributed by atoms with E-state index in [2.05, 4.69) is 18.8 Å². The van der Waals surface area contributed by atoms with Crippen LogP contribution in [0.15, 0.2) is 53.7 Å². The lowest BCUT2D eigenvalue weighted by Crippen LogP contribution is -2.35. The number of aromatic hydroxyl groups is 1. The highest BCUT2D eigenvalue weighted by atomic mass is 19.1. The fourth-order valence-corrected chi connectivity index (χ4v) is 6.40. The van der Waals surface area contributed by atoms with Crippen LogP contribution in [0.25, 0.3) is 11.6 Å². The van der Waals surface area contributed by atoms with Gasteiger partial charge in [-0.1, -0.05) is 38.5 Å². The van der Waals surface area contributed by atoms with Gasteiger partial charge in [0.2, 0.25) is 11.8 Å². The molecule has 2 aromatic rings. The van der Waals surface area contributed by atoms with Gasteiger partial charge in [0.1, 0.15) is 0 Å². The lowest BCUT2D eigenvalue weighted by molar-refractivity contribution is -0.140. The van der Waals surface area contributed by atoms with E-state index in [1.54, 1.807) is 12.3 Å². The Bertz CT molecular complexity index is 1290. The van der Waals surface area contributed by atoms with Gasteiger partial charge in [-0.3, -0.25) is 19.5 Å². The average molecular weight is 519 g/mol. The Morgan fingerprint density at radius 2 is 2.03 bits per heavy atom. The van der Waals surface area contributed by atoms with Crippen LogP contribution in [0, 0.1) is 29.5 Å². The second-order valence-corrected chi connectivity index (χ2v) is 10.9. The number of pyridine rings is 1. The Hall–Kier alpha value is -3.32. The molecule has 1 aromatic heterocycles. The van der Waals surface area contributed by atoms with Crippen LogP contribution < -0.4 is 0 Å². The van der Waals surface area contributed by atoms with E-state index >= 15 is 0 Å². The molecule has 200 valence electrons. The number of imide groups is 1. The zero-order valence-electron chi connectivity index (χ0n) is 22.2. The number of halogens is 1. The van der Waals surface area contributed by atoms with Gasteiger partial charge in [0.25, 0.3) is 0 Å². The summed E-state index contributed by atoms with van der Waals surface area (Å²) in [5.41, 5.74) is 4.83. The highest BCUT2D eigenvalue weighted by Crippen LogP contribution is 2.51. The molecule has 38 heavy (non-hydrogen) atoms. The third-order valence-electron chi connectivity index (χ3n) is 8.16. The number of ether oxygens (including phenoxy) is 1. The van der Waals surface area contributed by atoms with E-state index in [-0.39, 0.29) is 47.3 Å². The quantitative estimate of drug-likeness (QED) is 0.362. The number of rotatable bonds is 8. The molecule has 0 radical (unpaired) electrons. The first kappa shape index (κ1) is 26.3. The van der Waals surface area contributed by atoms with Gasteiger partial charge < -0.3 is 9.84 Å². The first-order valence-electron chi connectivity index (χ1n) is 13.6. The predicted octanol–water partition coefficient (Wildman–Crippen LogP) is 5.63. The fraction of sp³-hybridized carbons (Fsp3) is 0.452. The summed E-state index contributed by atoms with van der Waals surface area (Å²) in [5.74, 6) is -1.54. The molecule has 0 spiro atoms. The van der Waals surface area contributed by atoms with Gasteiger partial charge in [-0.15, -0.1) is 0 Å². The molecule has 1 aliphatic carbocycles. The minimum atomic E-state index is -0.669. The summed E-state index contributed by atoms with van der Waals surface area (Å²) in [6.45, 7) is 7.21. The largest absolute Gasteiger partial charge is 0.505 e. The van der Waals surface area contributed by atoms with Gasteiger partial charge >= 0.3 is 0 Å². The zero-order valence-corrected chi connectivity index (χ0v) is 22.2. The molecule has 2 saturated heterocycles. The second-order valence-electron chi connectivity index (χ2n) is 10.9. The molecule has 4 atom stereocenters. The van der Waals surface area contributed by atoms with E-state index < -0.39 is 5.82 Å². The highest BCUT2D eigenvalue weighted by Gasteiger charge is 2.56. The third-order valence-corrected chi connectivity index (χ3v) is 8.16. The van der Waals surface area contributed by atoms with E-state index in [1.165, 1.54) is 28.2 Å². The molecule has 5 rings (SSSR count). The van der Waals surface area contributed by atoms with Gasteiger partial charge in [-0.2, -0.15) is 0 Å². The molecule has 1 N–H and O–H groups in total. The molecule has 7 heteroatoms. The van der Waals surface area contributed by atoms with E-state index in [1.807, 2.05) is 31.2 Å². The topological polar surface area (TPSA) is 79.7 Å². The minimum absolute atomic E-state index is 0.0241. The van der Waals surface area contributed by atoms with Crippen LogP contribution in [0.2, 0.25) is 0 Å². The van der Waals surface area contributed by atoms with Gasteiger partial charge in [-0.25, -0.2) is 4.39 Å². The number of phenolic OH excluding ortho intramolecular Hbond substituents is 1. The van der Waals surface area contributed by atoms with Crippen LogP contribution in [0.5, 0.6) is 5.75 Å². The lowest BCUT2D eigenvalue weighted by atomic mass is 9.67. The number of hydrogen-bond acceptors (Lipinski definition) is 5. The number of amides is 2. The monoisotopic (exact) mass is 518 g/mol. The summed E-state index contributed by atoms with van der Waals surface area (Å²) in [7, 11) is 0. The van der Waals surface area contributed by atoms with Crippen molar-refractivity contribution in [1.29, 1.82) is 0 Å². The summed E-state index contributed by atoms with van der Waals surface area (Å²) < 4.78 is 20.4. The van der Waals surface area contributed by atoms with Crippen molar-refractivity contribution in [2.45, 2.75) is 52.6 Å². The van der Waals surface area contributed by atoms with Crippen molar-refractivity contribution in [2.24, 2.45) is 23.7 Å². The summed E-state index contributed by atoms with van der Waals surface area (Å²) in [5, 5.41) is 9.59. The Balaban J connectivity index is 1.43. The molecular weight excluding hydrogens is 483 g/mol. The molecule has 3 aliphatic rings. The van der Waals surface area contributed by atoms with E-state index in [9.17, 15) is 19.1 Å². The van der Waals surface area contributed by atoms with Gasteiger partial charge in [0.15, 0.2) is 11.6 Å². The maximum absolute atomic E-state index is 14.0. The minimum Gasteiger partial charge on any atom is -0.505 e. The zero-order chi connectivity index (χ0) is 27.0. The van der Waals surface area contributed by atoms with Crippen LogP contribution in [0.4, 0.5) is 4.39 Å². The number of hydrogen-bond donors (Lipinski definition) is 1. The number of nitrogens with zero attached hydrogens (tertiary/aromatic N) is 2. The summed E-state index contributed by atoms with van der Waals surface area (Å²) in [6, 6.07) is 10.0. The number of likely N-dealkylation sites (tertiary alicyclic amines) is 1. The van der Waals surface area contributed by atoms with E-state index in [4.69, 9.17) is 4.74 Å². The third kappa shape index (κ3) is 4.80. The number of carbonyl (C=O) groups is 2. The fourth-order valence-electron chi connectivity index (χ4n) is 6.40. The molecule has 1 aromatic carbocycles. The first-order valence-corrected chi connectivity index (χ1v) is 13.6. The standard InChI is InChI=1S/C31H35FN2O4/c1-4-13-34-30(36)22-16-21(18(2)3)28-23(29(22)31(34)37)17-38-27(28)11-9-20(25-7-5-6-12-33-25)14-19-8-10-26(35)24(32)15-19/h5-8,10,12,14-15,18,22-23,27,29,35H,4,9,11,13,16-17H2,1-3H3/b20-14-/t22-,23+,27-,29-/m1/s1. The Labute approximate surface area is 223 Å². The maximum atomic E-state index is 14.0. The molecule has 2 amide bonds. The first-order chi connectivity index (χ1) is 18.3. The molecule has 0 unspecified atom stereocenters.